The fourth-order valence-electron chi connectivity index (χ4n) is 3.53. The molecular formula is C19H25N7O. The maximum atomic E-state index is 5.40. The zero-order valence-electron chi connectivity index (χ0n) is 16.1. The summed E-state index contributed by atoms with van der Waals surface area (Å²) in [5, 5.41) is 8.92. The maximum absolute atomic E-state index is 5.40. The average molecular weight is 367 g/mol. The van der Waals surface area contributed by atoms with Crippen LogP contribution in [0.4, 0.5) is 11.8 Å². The van der Waals surface area contributed by atoms with Crippen molar-refractivity contribution in [1.29, 1.82) is 0 Å². The van der Waals surface area contributed by atoms with Crippen LogP contribution >= 0.6 is 0 Å². The number of ether oxygens (including phenoxy) is 1. The molecule has 4 rings (SSSR count). The summed E-state index contributed by atoms with van der Waals surface area (Å²) in [6.07, 6.45) is 5.79. The lowest BCUT2D eigenvalue weighted by molar-refractivity contribution is 0.337. The first-order chi connectivity index (χ1) is 13.2. The van der Waals surface area contributed by atoms with Gasteiger partial charge in [0, 0.05) is 37.6 Å². The molecule has 27 heavy (non-hydrogen) atoms. The van der Waals surface area contributed by atoms with Crippen molar-refractivity contribution in [2.75, 3.05) is 29.9 Å². The summed E-state index contributed by atoms with van der Waals surface area (Å²) < 4.78 is 7.25. The summed E-state index contributed by atoms with van der Waals surface area (Å²) >= 11 is 0. The summed E-state index contributed by atoms with van der Waals surface area (Å²) in [4.78, 5) is 16.0. The van der Waals surface area contributed by atoms with Crippen LogP contribution in [0, 0.1) is 6.92 Å². The van der Waals surface area contributed by atoms with Gasteiger partial charge in [0.25, 0.3) is 0 Å². The fourth-order valence-corrected chi connectivity index (χ4v) is 3.53. The number of hydrogen-bond acceptors (Lipinski definition) is 7. The highest BCUT2D eigenvalue weighted by Crippen LogP contribution is 2.28. The van der Waals surface area contributed by atoms with Crippen LogP contribution < -0.4 is 15.0 Å². The Labute approximate surface area is 158 Å². The Balaban J connectivity index is 1.62. The molecule has 0 unspecified atom stereocenters. The van der Waals surface area contributed by atoms with E-state index in [2.05, 4.69) is 31.3 Å². The molecule has 3 aromatic rings. The molecule has 0 amide bonds. The second-order valence-corrected chi connectivity index (χ2v) is 6.77. The van der Waals surface area contributed by atoms with E-state index < -0.39 is 0 Å². The van der Waals surface area contributed by atoms with Crippen molar-refractivity contribution in [1.82, 2.24) is 24.7 Å². The zero-order valence-corrected chi connectivity index (χ0v) is 16.1. The van der Waals surface area contributed by atoms with Crippen LogP contribution in [0.2, 0.25) is 0 Å². The van der Waals surface area contributed by atoms with Gasteiger partial charge in [-0.1, -0.05) is 0 Å². The molecule has 1 saturated heterocycles. The van der Waals surface area contributed by atoms with E-state index in [0.717, 1.165) is 41.2 Å². The molecule has 0 saturated carbocycles. The molecule has 1 aliphatic rings. The monoisotopic (exact) mass is 367 g/mol. The molecule has 3 aromatic heterocycles. The molecular weight excluding hydrogens is 342 g/mol. The van der Waals surface area contributed by atoms with Gasteiger partial charge in [-0.15, -0.1) is 0 Å². The van der Waals surface area contributed by atoms with Gasteiger partial charge in [-0.25, -0.2) is 15.0 Å². The van der Waals surface area contributed by atoms with E-state index in [1.807, 2.05) is 25.6 Å². The summed E-state index contributed by atoms with van der Waals surface area (Å²) in [6, 6.07) is 2.19. The zero-order chi connectivity index (χ0) is 18.8. The van der Waals surface area contributed by atoms with E-state index in [1.54, 1.807) is 12.4 Å². The molecule has 0 aromatic carbocycles. The number of hydrogen-bond donors (Lipinski definition) is 1. The number of anilines is 2. The van der Waals surface area contributed by atoms with Crippen molar-refractivity contribution in [2.24, 2.45) is 7.05 Å². The molecule has 8 heteroatoms. The first-order valence-corrected chi connectivity index (χ1v) is 9.42. The van der Waals surface area contributed by atoms with Crippen molar-refractivity contribution >= 4 is 22.8 Å². The number of pyridine rings is 1. The van der Waals surface area contributed by atoms with Gasteiger partial charge in [0.1, 0.15) is 5.82 Å². The van der Waals surface area contributed by atoms with Crippen LogP contribution in [0.1, 0.15) is 31.0 Å². The summed E-state index contributed by atoms with van der Waals surface area (Å²) in [5.74, 6) is 2.28. The Kier molecular flexibility index (Phi) is 4.79. The van der Waals surface area contributed by atoms with E-state index >= 15 is 0 Å². The van der Waals surface area contributed by atoms with Crippen LogP contribution in [-0.4, -0.2) is 44.4 Å². The lowest BCUT2D eigenvalue weighted by Crippen LogP contribution is -2.22. The largest absolute Gasteiger partial charge is 0.491 e. The molecule has 0 radical (unpaired) electrons. The molecule has 0 bridgehead atoms. The average Bonchev–Trinajstić information content (AvgIpc) is 3.30. The molecule has 8 nitrogen and oxygen atoms in total. The Morgan fingerprint density at radius 1 is 1.19 bits per heavy atom. The van der Waals surface area contributed by atoms with Crippen LogP contribution in [0.3, 0.4) is 0 Å². The molecule has 142 valence electrons. The number of fused-ring (bicyclic) bond motifs is 1. The standard InChI is InChI=1S/C19H25N7O/c1-4-27-15-11-21-19(22-12-15)20-10-14-9-16-13(2)24-25(3)18(16)23-17(14)26-7-5-6-8-26/h9,11-12H,4-8,10H2,1-3H3,(H,20,21,22). The molecule has 4 heterocycles. The predicted octanol–water partition coefficient (Wildman–Crippen LogP) is 2.68. The Bertz CT molecular complexity index is 929. The Hall–Kier alpha value is -2.90. The molecule has 0 atom stereocenters. The van der Waals surface area contributed by atoms with E-state index in [9.17, 15) is 0 Å². The van der Waals surface area contributed by atoms with Crippen molar-refractivity contribution < 1.29 is 4.74 Å². The van der Waals surface area contributed by atoms with E-state index in [4.69, 9.17) is 9.72 Å². The van der Waals surface area contributed by atoms with Gasteiger partial charge in [-0.2, -0.15) is 5.10 Å². The highest BCUT2D eigenvalue weighted by atomic mass is 16.5. The van der Waals surface area contributed by atoms with Gasteiger partial charge < -0.3 is 15.0 Å². The maximum Gasteiger partial charge on any atom is 0.223 e. The molecule has 0 spiro atoms. The summed E-state index contributed by atoms with van der Waals surface area (Å²) in [6.45, 7) is 7.26. The van der Waals surface area contributed by atoms with E-state index in [-0.39, 0.29) is 0 Å². The van der Waals surface area contributed by atoms with Gasteiger partial charge in [0.15, 0.2) is 11.4 Å². The van der Waals surface area contributed by atoms with Gasteiger partial charge in [-0.05, 0) is 32.8 Å². The third kappa shape index (κ3) is 3.51. The lowest BCUT2D eigenvalue weighted by atomic mass is 10.1. The van der Waals surface area contributed by atoms with E-state index in [1.165, 1.54) is 12.8 Å². The number of nitrogens with zero attached hydrogens (tertiary/aromatic N) is 6. The normalized spacial score (nSPS) is 14.1. The topological polar surface area (TPSA) is 81.0 Å². The van der Waals surface area contributed by atoms with Crippen LogP contribution in [-0.2, 0) is 13.6 Å². The number of aryl methyl sites for hydroxylation is 2. The second-order valence-electron chi connectivity index (χ2n) is 6.77. The number of aromatic nitrogens is 5. The summed E-state index contributed by atoms with van der Waals surface area (Å²) in [5.41, 5.74) is 3.06. The first-order valence-electron chi connectivity index (χ1n) is 9.42. The Morgan fingerprint density at radius 3 is 2.63 bits per heavy atom. The Morgan fingerprint density at radius 2 is 1.93 bits per heavy atom. The second kappa shape index (κ2) is 7.38. The third-order valence-corrected chi connectivity index (χ3v) is 4.84. The third-order valence-electron chi connectivity index (χ3n) is 4.84. The molecule has 1 fully saturated rings. The summed E-state index contributed by atoms with van der Waals surface area (Å²) in [7, 11) is 1.95. The van der Waals surface area contributed by atoms with Crippen molar-refractivity contribution in [2.45, 2.75) is 33.2 Å². The van der Waals surface area contributed by atoms with Gasteiger partial charge >= 0.3 is 0 Å². The van der Waals surface area contributed by atoms with Crippen LogP contribution in [0.15, 0.2) is 18.5 Å². The smallest absolute Gasteiger partial charge is 0.223 e. The SMILES string of the molecule is CCOc1cnc(NCc2cc3c(C)nn(C)c3nc2N2CCCC2)nc1. The minimum atomic E-state index is 0.578. The lowest BCUT2D eigenvalue weighted by Gasteiger charge is -2.20. The van der Waals surface area contributed by atoms with Gasteiger partial charge in [0.2, 0.25) is 5.95 Å². The van der Waals surface area contributed by atoms with Crippen LogP contribution in [0.5, 0.6) is 5.75 Å². The molecule has 1 N–H and O–H groups in total. The minimum absolute atomic E-state index is 0.578. The minimum Gasteiger partial charge on any atom is -0.491 e. The first kappa shape index (κ1) is 17.5. The quantitative estimate of drug-likeness (QED) is 0.717. The molecule has 0 aliphatic carbocycles. The highest BCUT2D eigenvalue weighted by molar-refractivity contribution is 5.81. The van der Waals surface area contributed by atoms with Crippen molar-refractivity contribution in [3.8, 4) is 5.75 Å². The van der Waals surface area contributed by atoms with Crippen molar-refractivity contribution in [3.05, 3.63) is 29.7 Å². The van der Waals surface area contributed by atoms with Gasteiger partial charge in [0.05, 0.1) is 24.7 Å². The number of nitrogens with one attached hydrogen (secondary N) is 1. The van der Waals surface area contributed by atoms with E-state index in [0.29, 0.717) is 24.8 Å². The number of rotatable bonds is 6. The van der Waals surface area contributed by atoms with Gasteiger partial charge in [-0.3, -0.25) is 4.68 Å². The van der Waals surface area contributed by atoms with Crippen LogP contribution in [0.25, 0.3) is 11.0 Å². The fraction of sp³-hybridized carbons (Fsp3) is 0.474. The molecule has 1 aliphatic heterocycles. The highest BCUT2D eigenvalue weighted by Gasteiger charge is 2.20. The predicted molar refractivity (Wildman–Crippen MR) is 105 cm³/mol. The van der Waals surface area contributed by atoms with Crippen molar-refractivity contribution in [3.63, 3.8) is 0 Å².